The molecule has 3 heterocycles. The number of carbonyl (C=O) groups excluding carboxylic acids is 2. The highest BCUT2D eigenvalue weighted by Crippen LogP contribution is 2.80. The number of pyridine rings is 1. The third-order valence-corrected chi connectivity index (χ3v) is 9.91. The number of fused-ring (bicyclic) bond motifs is 3. The number of imidazole rings is 1. The van der Waals surface area contributed by atoms with Crippen LogP contribution in [-0.2, 0) is 11.2 Å². The highest BCUT2D eigenvalue weighted by Gasteiger charge is 2.73. The first kappa shape index (κ1) is 20.0. The van der Waals surface area contributed by atoms with Crippen LogP contribution in [0.4, 0.5) is 0 Å². The second-order valence-electron chi connectivity index (χ2n) is 11.5. The van der Waals surface area contributed by atoms with Crippen molar-refractivity contribution >= 4 is 17.5 Å². The van der Waals surface area contributed by atoms with Crippen LogP contribution in [0.15, 0.2) is 24.4 Å². The number of aromatic nitrogens is 2. The Morgan fingerprint density at radius 1 is 1.09 bits per heavy atom. The minimum absolute atomic E-state index is 0.0248. The molecule has 1 saturated heterocycles. The highest BCUT2D eigenvalue weighted by molar-refractivity contribution is 5.93. The Hall–Kier alpha value is -2.41. The zero-order chi connectivity index (χ0) is 22.2. The van der Waals surface area contributed by atoms with Crippen molar-refractivity contribution in [2.24, 2.45) is 28.6 Å². The summed E-state index contributed by atoms with van der Waals surface area (Å²) in [7, 11) is 0. The Balaban J connectivity index is 1.08. The molecule has 2 N–H and O–H groups in total. The molecular weight excluding hydrogens is 414 g/mol. The van der Waals surface area contributed by atoms with Crippen LogP contribution in [0.1, 0.15) is 54.7 Å². The van der Waals surface area contributed by atoms with Gasteiger partial charge in [0.05, 0.1) is 12.1 Å². The van der Waals surface area contributed by atoms with E-state index < -0.39 is 0 Å². The smallest absolute Gasteiger partial charge is 0.268 e. The molecule has 1 aliphatic heterocycles. The topological polar surface area (TPSA) is 78.7 Å². The van der Waals surface area contributed by atoms with Gasteiger partial charge in [-0.2, -0.15) is 0 Å². The molecule has 7 heteroatoms. The van der Waals surface area contributed by atoms with Crippen molar-refractivity contribution < 1.29 is 9.59 Å². The molecule has 4 saturated carbocycles. The third kappa shape index (κ3) is 2.87. The third-order valence-electron chi connectivity index (χ3n) is 9.91. The van der Waals surface area contributed by atoms with E-state index >= 15 is 0 Å². The first-order valence-corrected chi connectivity index (χ1v) is 12.8. The first-order chi connectivity index (χ1) is 16.1. The summed E-state index contributed by atoms with van der Waals surface area (Å²) < 4.78 is 1.86. The van der Waals surface area contributed by atoms with Crippen LogP contribution < -0.4 is 10.6 Å². The Morgan fingerprint density at radius 3 is 2.82 bits per heavy atom. The lowest BCUT2D eigenvalue weighted by atomic mass is 9.46. The molecule has 174 valence electrons. The van der Waals surface area contributed by atoms with Gasteiger partial charge in [0.15, 0.2) is 0 Å². The number of nitrogens with one attached hydrogen (secondary N) is 2. The molecule has 3 bridgehead atoms. The summed E-state index contributed by atoms with van der Waals surface area (Å²) in [5, 5.41) is 6.61. The summed E-state index contributed by atoms with van der Waals surface area (Å²) in [6.07, 6.45) is 10.5. The maximum atomic E-state index is 13.3. The first-order valence-electron chi connectivity index (χ1n) is 12.8. The van der Waals surface area contributed by atoms with Gasteiger partial charge in [-0.15, -0.1) is 0 Å². The van der Waals surface area contributed by atoms with Crippen molar-refractivity contribution in [3.63, 3.8) is 0 Å². The lowest BCUT2D eigenvalue weighted by molar-refractivity contribution is -0.131. The van der Waals surface area contributed by atoms with E-state index in [0.717, 1.165) is 61.8 Å². The highest BCUT2D eigenvalue weighted by atomic mass is 16.2. The van der Waals surface area contributed by atoms with Crippen molar-refractivity contribution in [3.05, 3.63) is 35.8 Å². The average Bonchev–Trinajstić information content (AvgIpc) is 3.38. The maximum absolute atomic E-state index is 13.3. The van der Waals surface area contributed by atoms with Gasteiger partial charge in [-0.1, -0.05) is 6.07 Å². The van der Waals surface area contributed by atoms with Gasteiger partial charge in [-0.05, 0) is 79.2 Å². The monoisotopic (exact) mass is 447 g/mol. The van der Waals surface area contributed by atoms with Crippen molar-refractivity contribution in [2.45, 2.75) is 44.9 Å². The van der Waals surface area contributed by atoms with Gasteiger partial charge in [0.1, 0.15) is 11.3 Å². The molecule has 0 radical (unpaired) electrons. The van der Waals surface area contributed by atoms with Crippen LogP contribution in [0.25, 0.3) is 5.65 Å². The van der Waals surface area contributed by atoms with Gasteiger partial charge in [0, 0.05) is 38.9 Å². The van der Waals surface area contributed by atoms with Crippen LogP contribution in [0.2, 0.25) is 0 Å². The average molecular weight is 448 g/mol. The summed E-state index contributed by atoms with van der Waals surface area (Å²) in [5.74, 6) is 2.84. The van der Waals surface area contributed by atoms with Crippen LogP contribution >= 0.6 is 0 Å². The van der Waals surface area contributed by atoms with Gasteiger partial charge < -0.3 is 15.5 Å². The Morgan fingerprint density at radius 2 is 1.94 bits per heavy atom. The Bertz CT molecular complexity index is 1130. The fraction of sp³-hybridized carbons (Fsp3) is 0.654. The largest absolute Gasteiger partial charge is 0.350 e. The minimum atomic E-state index is -0.0248. The normalized spacial score (nSPS) is 36.1. The van der Waals surface area contributed by atoms with Crippen molar-refractivity contribution in [1.29, 1.82) is 0 Å². The molecule has 33 heavy (non-hydrogen) atoms. The Kier molecular flexibility index (Phi) is 4.27. The number of nitrogens with zero attached hydrogens (tertiary/aromatic N) is 3. The zero-order valence-corrected chi connectivity index (χ0v) is 19.2. The molecular formula is C26H33N5O2. The summed E-state index contributed by atoms with van der Waals surface area (Å²) in [4.78, 5) is 32.5. The lowest BCUT2D eigenvalue weighted by Gasteiger charge is -2.59. The molecule has 2 aromatic heterocycles. The molecule has 5 atom stereocenters. The second-order valence-corrected chi connectivity index (χ2v) is 11.5. The summed E-state index contributed by atoms with van der Waals surface area (Å²) in [6, 6.07) is 5.66. The van der Waals surface area contributed by atoms with E-state index in [0.29, 0.717) is 16.5 Å². The van der Waals surface area contributed by atoms with E-state index in [1.54, 1.807) is 0 Å². The number of piperazine rings is 1. The van der Waals surface area contributed by atoms with E-state index in [-0.39, 0.29) is 18.2 Å². The van der Waals surface area contributed by atoms with Crippen LogP contribution in [0, 0.1) is 28.6 Å². The van der Waals surface area contributed by atoms with Gasteiger partial charge in [-0.3, -0.25) is 14.0 Å². The fourth-order valence-corrected chi connectivity index (χ4v) is 8.75. The van der Waals surface area contributed by atoms with E-state index in [1.165, 1.54) is 38.5 Å². The van der Waals surface area contributed by atoms with Gasteiger partial charge >= 0.3 is 0 Å². The fourth-order valence-electron chi connectivity index (χ4n) is 8.75. The molecule has 1 spiro atoms. The number of amides is 2. The van der Waals surface area contributed by atoms with E-state index in [4.69, 9.17) is 0 Å². The molecule has 5 fully saturated rings. The molecule has 2 aromatic rings. The Labute approximate surface area is 194 Å². The molecule has 7 nitrogen and oxygen atoms in total. The minimum Gasteiger partial charge on any atom is -0.350 e. The molecule has 5 aliphatic rings. The zero-order valence-electron chi connectivity index (χ0n) is 19.2. The van der Waals surface area contributed by atoms with Crippen LogP contribution in [0.5, 0.6) is 0 Å². The van der Waals surface area contributed by atoms with Crippen LogP contribution in [-0.4, -0.2) is 58.8 Å². The van der Waals surface area contributed by atoms with Gasteiger partial charge in [0.2, 0.25) is 5.91 Å². The molecule has 0 aromatic carbocycles. The van der Waals surface area contributed by atoms with Crippen molar-refractivity contribution in [2.75, 3.05) is 32.7 Å². The second kappa shape index (κ2) is 7.05. The van der Waals surface area contributed by atoms with Crippen molar-refractivity contribution in [1.82, 2.24) is 24.9 Å². The van der Waals surface area contributed by atoms with E-state index in [9.17, 15) is 9.59 Å². The number of hydrogen-bond acceptors (Lipinski definition) is 4. The number of rotatable bonds is 5. The predicted octanol–water partition coefficient (Wildman–Crippen LogP) is 2.25. The van der Waals surface area contributed by atoms with E-state index in [1.807, 2.05) is 33.7 Å². The van der Waals surface area contributed by atoms with Crippen LogP contribution in [0.3, 0.4) is 0 Å². The summed E-state index contributed by atoms with van der Waals surface area (Å²) in [6.45, 7) is 3.97. The SMILES string of the molecule is O=C(NCC12CC3CC4CC(C1)C2(C4)C3)c1cccc2nc(CC(=O)N3CCNCC3)cn12. The summed E-state index contributed by atoms with van der Waals surface area (Å²) >= 11 is 0. The molecule has 5 unspecified atom stereocenters. The molecule has 4 aliphatic carbocycles. The summed E-state index contributed by atoms with van der Waals surface area (Å²) in [5.41, 5.74) is 2.93. The predicted molar refractivity (Wildman–Crippen MR) is 124 cm³/mol. The molecule has 2 amide bonds. The maximum Gasteiger partial charge on any atom is 0.268 e. The van der Waals surface area contributed by atoms with Gasteiger partial charge in [-0.25, -0.2) is 4.98 Å². The molecule has 7 rings (SSSR count). The standard InChI is InChI=1S/C26H33N5O2/c32-23(30-6-4-27-5-7-30)10-20-15-31-21(2-1-3-22(31)29-20)24(33)28-16-25-11-18-8-17-9-19(14-25)26(25,12-17)13-18/h1-3,15,17-19,27H,4-14,16H2,(H,28,33). The number of hydrogen-bond donors (Lipinski definition) is 2. The van der Waals surface area contributed by atoms with E-state index in [2.05, 4.69) is 15.6 Å². The quantitative estimate of drug-likeness (QED) is 0.737. The van der Waals surface area contributed by atoms with Crippen molar-refractivity contribution in [3.8, 4) is 0 Å². The lowest BCUT2D eigenvalue weighted by Crippen LogP contribution is -2.57. The number of carbonyl (C=O) groups is 2. The van der Waals surface area contributed by atoms with Gasteiger partial charge in [0.25, 0.3) is 5.91 Å².